The van der Waals surface area contributed by atoms with Gasteiger partial charge in [-0.05, 0) is 62.1 Å². The maximum Gasteiger partial charge on any atom is 0.120 e. The first-order chi connectivity index (χ1) is 9.08. The van der Waals surface area contributed by atoms with Crippen LogP contribution in [0.5, 0.6) is 5.75 Å². The number of hydrogen-bond donors (Lipinski definition) is 2. The van der Waals surface area contributed by atoms with Crippen molar-refractivity contribution in [1.29, 1.82) is 0 Å². The normalized spacial score (nSPS) is 27.9. The van der Waals surface area contributed by atoms with Gasteiger partial charge in [-0.2, -0.15) is 0 Å². The third-order valence-electron chi connectivity index (χ3n) is 5.23. The second-order valence-electron chi connectivity index (χ2n) is 6.56. The Morgan fingerprint density at radius 1 is 1.26 bits per heavy atom. The van der Waals surface area contributed by atoms with Crippen LogP contribution in [0, 0.1) is 12.8 Å². The lowest BCUT2D eigenvalue weighted by Gasteiger charge is -2.34. The van der Waals surface area contributed by atoms with Crippen LogP contribution in [0.25, 0.3) is 0 Å². The highest BCUT2D eigenvalue weighted by atomic mass is 16.3. The first-order valence-corrected chi connectivity index (χ1v) is 7.66. The number of hydrogen-bond acceptors (Lipinski definition) is 2. The summed E-state index contributed by atoms with van der Waals surface area (Å²) in [5, 5.41) is 14.0. The van der Waals surface area contributed by atoms with Gasteiger partial charge in [0.05, 0.1) is 0 Å². The van der Waals surface area contributed by atoms with Crippen LogP contribution in [0.2, 0.25) is 0 Å². The molecule has 2 N–H and O–H groups in total. The van der Waals surface area contributed by atoms with Gasteiger partial charge in [-0.15, -0.1) is 0 Å². The van der Waals surface area contributed by atoms with Crippen molar-refractivity contribution in [1.82, 2.24) is 5.32 Å². The SMILES string of the molecule is Cc1ccc(O)c2c1C(C)CC2NC(C)C1CCC1. The summed E-state index contributed by atoms with van der Waals surface area (Å²) < 4.78 is 0. The molecule has 2 nitrogen and oxygen atoms in total. The molecule has 0 spiro atoms. The maximum atomic E-state index is 10.2. The molecule has 104 valence electrons. The van der Waals surface area contributed by atoms with Gasteiger partial charge in [0.2, 0.25) is 0 Å². The largest absolute Gasteiger partial charge is 0.508 e. The van der Waals surface area contributed by atoms with E-state index in [0.29, 0.717) is 23.8 Å². The fourth-order valence-corrected chi connectivity index (χ4v) is 3.89. The zero-order chi connectivity index (χ0) is 13.6. The molecule has 0 saturated heterocycles. The topological polar surface area (TPSA) is 32.3 Å². The van der Waals surface area contributed by atoms with Crippen LogP contribution < -0.4 is 5.32 Å². The predicted molar refractivity (Wildman–Crippen MR) is 78.6 cm³/mol. The minimum absolute atomic E-state index is 0.334. The number of nitrogens with one attached hydrogen (secondary N) is 1. The van der Waals surface area contributed by atoms with Gasteiger partial charge in [-0.25, -0.2) is 0 Å². The van der Waals surface area contributed by atoms with E-state index in [4.69, 9.17) is 0 Å². The Morgan fingerprint density at radius 3 is 2.63 bits per heavy atom. The van der Waals surface area contributed by atoms with Crippen LogP contribution in [-0.2, 0) is 0 Å². The highest BCUT2D eigenvalue weighted by Crippen LogP contribution is 2.46. The molecule has 1 aromatic carbocycles. The molecule has 0 amide bonds. The van der Waals surface area contributed by atoms with Gasteiger partial charge in [0.1, 0.15) is 5.75 Å². The zero-order valence-electron chi connectivity index (χ0n) is 12.2. The minimum Gasteiger partial charge on any atom is -0.508 e. The van der Waals surface area contributed by atoms with E-state index in [2.05, 4.69) is 26.1 Å². The van der Waals surface area contributed by atoms with Gasteiger partial charge in [0.15, 0.2) is 0 Å². The second kappa shape index (κ2) is 4.82. The summed E-state index contributed by atoms with van der Waals surface area (Å²) in [6.07, 6.45) is 5.23. The number of fused-ring (bicyclic) bond motifs is 1. The first kappa shape index (κ1) is 13.0. The fourth-order valence-electron chi connectivity index (χ4n) is 3.89. The number of rotatable bonds is 3. The van der Waals surface area contributed by atoms with Crippen LogP contribution >= 0.6 is 0 Å². The van der Waals surface area contributed by atoms with E-state index in [1.807, 2.05) is 12.1 Å². The molecule has 2 heteroatoms. The number of phenolic OH excluding ortho intramolecular Hbond substituents is 1. The highest BCUT2D eigenvalue weighted by molar-refractivity contribution is 5.50. The van der Waals surface area contributed by atoms with Gasteiger partial charge < -0.3 is 10.4 Å². The average molecular weight is 259 g/mol. The Kier molecular flexibility index (Phi) is 3.30. The minimum atomic E-state index is 0.334. The van der Waals surface area contributed by atoms with Crippen molar-refractivity contribution in [3.05, 3.63) is 28.8 Å². The van der Waals surface area contributed by atoms with Crippen LogP contribution in [0.1, 0.15) is 68.2 Å². The standard InChI is InChI=1S/C17H25NO/c1-10-7-8-15(19)17-14(9-11(2)16(10)17)18-12(3)13-5-4-6-13/h7-8,11-14,18-19H,4-6,9H2,1-3H3. The van der Waals surface area contributed by atoms with E-state index in [-0.39, 0.29) is 0 Å². The quantitative estimate of drug-likeness (QED) is 0.859. The van der Waals surface area contributed by atoms with E-state index < -0.39 is 0 Å². The Morgan fingerprint density at radius 2 is 2.00 bits per heavy atom. The van der Waals surface area contributed by atoms with E-state index in [9.17, 15) is 5.11 Å². The number of benzene rings is 1. The Hall–Kier alpha value is -1.02. The molecule has 2 aliphatic rings. The van der Waals surface area contributed by atoms with E-state index >= 15 is 0 Å². The molecule has 1 aromatic rings. The van der Waals surface area contributed by atoms with E-state index in [1.165, 1.54) is 36.0 Å². The molecule has 2 aliphatic carbocycles. The predicted octanol–water partition coefficient (Wildman–Crippen LogP) is 4.03. The number of phenols is 1. The van der Waals surface area contributed by atoms with Gasteiger partial charge >= 0.3 is 0 Å². The summed E-state index contributed by atoms with van der Waals surface area (Å²) >= 11 is 0. The molecule has 0 heterocycles. The molecule has 3 atom stereocenters. The third-order valence-corrected chi connectivity index (χ3v) is 5.23. The zero-order valence-corrected chi connectivity index (χ0v) is 12.2. The lowest BCUT2D eigenvalue weighted by atomic mass is 9.80. The first-order valence-electron chi connectivity index (χ1n) is 7.66. The monoisotopic (exact) mass is 259 g/mol. The van der Waals surface area contributed by atoms with Crippen molar-refractivity contribution in [3.8, 4) is 5.75 Å². The maximum absolute atomic E-state index is 10.2. The number of aromatic hydroxyl groups is 1. The fraction of sp³-hybridized carbons (Fsp3) is 0.647. The molecular formula is C17H25NO. The Bertz CT molecular complexity index is 478. The molecule has 1 fully saturated rings. The van der Waals surface area contributed by atoms with Crippen LogP contribution in [0.3, 0.4) is 0 Å². The summed E-state index contributed by atoms with van der Waals surface area (Å²) in [5.74, 6) is 1.86. The molecule has 0 bridgehead atoms. The molecular weight excluding hydrogens is 234 g/mol. The lowest BCUT2D eigenvalue weighted by Crippen LogP contribution is -2.38. The summed E-state index contributed by atoms with van der Waals surface area (Å²) in [4.78, 5) is 0. The molecule has 0 radical (unpaired) electrons. The molecule has 3 rings (SSSR count). The molecule has 19 heavy (non-hydrogen) atoms. The summed E-state index contributed by atoms with van der Waals surface area (Å²) in [6, 6.07) is 4.80. The van der Waals surface area contributed by atoms with Crippen LogP contribution in [-0.4, -0.2) is 11.1 Å². The third kappa shape index (κ3) is 2.16. The van der Waals surface area contributed by atoms with Crippen LogP contribution in [0.15, 0.2) is 12.1 Å². The van der Waals surface area contributed by atoms with Crippen molar-refractivity contribution < 1.29 is 5.11 Å². The van der Waals surface area contributed by atoms with Gasteiger partial charge in [-0.1, -0.05) is 19.4 Å². The van der Waals surface area contributed by atoms with Crippen LogP contribution in [0.4, 0.5) is 0 Å². The van der Waals surface area contributed by atoms with Gasteiger partial charge in [-0.3, -0.25) is 0 Å². The van der Waals surface area contributed by atoms with Crippen molar-refractivity contribution >= 4 is 0 Å². The second-order valence-corrected chi connectivity index (χ2v) is 6.56. The van der Waals surface area contributed by atoms with Gasteiger partial charge in [0, 0.05) is 17.6 Å². The van der Waals surface area contributed by atoms with E-state index in [0.717, 1.165) is 12.3 Å². The summed E-state index contributed by atoms with van der Waals surface area (Å²) in [7, 11) is 0. The molecule has 1 saturated carbocycles. The average Bonchev–Trinajstić information content (AvgIpc) is 2.59. The summed E-state index contributed by atoms with van der Waals surface area (Å²) in [5.41, 5.74) is 3.86. The lowest BCUT2D eigenvalue weighted by molar-refractivity contribution is 0.224. The van der Waals surface area contributed by atoms with Crippen molar-refractivity contribution in [2.24, 2.45) is 5.92 Å². The van der Waals surface area contributed by atoms with Gasteiger partial charge in [0.25, 0.3) is 0 Å². The molecule has 3 unspecified atom stereocenters. The summed E-state index contributed by atoms with van der Waals surface area (Å²) in [6.45, 7) is 6.74. The smallest absolute Gasteiger partial charge is 0.120 e. The Balaban J connectivity index is 1.84. The molecule has 0 aliphatic heterocycles. The van der Waals surface area contributed by atoms with Crippen molar-refractivity contribution in [2.45, 2.75) is 64.5 Å². The Labute approximate surface area is 116 Å². The van der Waals surface area contributed by atoms with E-state index in [1.54, 1.807) is 0 Å². The van der Waals surface area contributed by atoms with Crippen molar-refractivity contribution in [2.75, 3.05) is 0 Å². The molecule has 0 aromatic heterocycles. The highest BCUT2D eigenvalue weighted by Gasteiger charge is 2.34. The number of aryl methyl sites for hydroxylation is 1. The van der Waals surface area contributed by atoms with Crippen molar-refractivity contribution in [3.63, 3.8) is 0 Å².